The molecule has 1 fully saturated rings. The molecular weight excluding hydrogens is 234 g/mol. The minimum absolute atomic E-state index is 0.192. The normalized spacial score (nSPS) is 25.8. The lowest BCUT2D eigenvalue weighted by Gasteiger charge is -2.10. The zero-order valence-corrected chi connectivity index (χ0v) is 9.09. The van der Waals surface area contributed by atoms with Crippen LogP contribution in [-0.2, 0) is 10.3 Å². The van der Waals surface area contributed by atoms with Crippen LogP contribution < -0.4 is 4.74 Å². The summed E-state index contributed by atoms with van der Waals surface area (Å²) < 4.78 is 11.4. The first kappa shape index (κ1) is 8.97. The van der Waals surface area contributed by atoms with Crippen molar-refractivity contribution in [2.45, 2.75) is 12.5 Å². The molecule has 13 heavy (non-hydrogen) atoms. The summed E-state index contributed by atoms with van der Waals surface area (Å²) >= 11 is 3.37. The first-order valence-electron chi connectivity index (χ1n) is 4.00. The van der Waals surface area contributed by atoms with Gasteiger partial charge in [-0.1, -0.05) is 0 Å². The average Bonchev–Trinajstić information content (AvgIpc) is 2.85. The minimum Gasteiger partial charge on any atom is -0.481 e. The highest BCUT2D eigenvalue weighted by Gasteiger charge is 2.44. The third kappa shape index (κ3) is 1.56. The fourth-order valence-electron chi connectivity index (χ4n) is 1.23. The van der Waals surface area contributed by atoms with Crippen LogP contribution in [0.4, 0.5) is 0 Å². The largest absolute Gasteiger partial charge is 0.481 e. The molecule has 0 aliphatic carbocycles. The molecule has 1 unspecified atom stereocenters. The molecule has 1 aliphatic heterocycles. The molecule has 0 aromatic carbocycles. The number of epoxide rings is 1. The molecule has 2 heterocycles. The van der Waals surface area contributed by atoms with Gasteiger partial charge in [-0.15, -0.1) is 0 Å². The van der Waals surface area contributed by atoms with E-state index in [1.54, 1.807) is 13.3 Å². The quantitative estimate of drug-likeness (QED) is 0.747. The third-order valence-electron chi connectivity index (χ3n) is 2.16. The summed E-state index contributed by atoms with van der Waals surface area (Å²) in [6, 6.07) is 1.98. The van der Waals surface area contributed by atoms with Crippen molar-refractivity contribution in [1.29, 1.82) is 0 Å². The Morgan fingerprint density at radius 3 is 2.92 bits per heavy atom. The van der Waals surface area contributed by atoms with Crippen LogP contribution in [0.25, 0.3) is 0 Å². The van der Waals surface area contributed by atoms with Gasteiger partial charge in [0.05, 0.1) is 13.7 Å². The summed E-state index contributed by atoms with van der Waals surface area (Å²) in [5, 5.41) is 0. The van der Waals surface area contributed by atoms with Crippen molar-refractivity contribution in [3.05, 3.63) is 22.3 Å². The average molecular weight is 244 g/mol. The van der Waals surface area contributed by atoms with E-state index in [1.165, 1.54) is 0 Å². The number of pyridine rings is 1. The Morgan fingerprint density at radius 2 is 2.38 bits per heavy atom. The maximum Gasteiger partial charge on any atom is 0.219 e. The van der Waals surface area contributed by atoms with Gasteiger partial charge in [0, 0.05) is 16.2 Å². The standard InChI is InChI=1S/C9H10BrNO2/c1-9(5-13-9)7-3-6(10)4-11-8(7)12-2/h3-4H,5H2,1-2H3. The van der Waals surface area contributed by atoms with Crippen molar-refractivity contribution in [1.82, 2.24) is 4.98 Å². The van der Waals surface area contributed by atoms with Crippen LogP contribution in [0.2, 0.25) is 0 Å². The molecule has 2 rings (SSSR count). The van der Waals surface area contributed by atoms with E-state index in [9.17, 15) is 0 Å². The SMILES string of the molecule is COc1ncc(Br)cc1C1(C)CO1. The van der Waals surface area contributed by atoms with Crippen molar-refractivity contribution < 1.29 is 9.47 Å². The summed E-state index contributed by atoms with van der Waals surface area (Å²) in [5.74, 6) is 0.642. The zero-order chi connectivity index (χ0) is 9.47. The molecule has 3 nitrogen and oxygen atoms in total. The number of rotatable bonds is 2. The lowest BCUT2D eigenvalue weighted by Crippen LogP contribution is -2.06. The van der Waals surface area contributed by atoms with Crippen molar-refractivity contribution in [2.75, 3.05) is 13.7 Å². The highest BCUT2D eigenvalue weighted by molar-refractivity contribution is 9.10. The summed E-state index contributed by atoms with van der Waals surface area (Å²) in [5.41, 5.74) is 0.812. The van der Waals surface area contributed by atoms with Crippen LogP contribution in [0.1, 0.15) is 12.5 Å². The molecule has 1 aromatic heterocycles. The lowest BCUT2D eigenvalue weighted by molar-refractivity contribution is 0.312. The van der Waals surface area contributed by atoms with Crippen LogP contribution in [-0.4, -0.2) is 18.7 Å². The van der Waals surface area contributed by atoms with Gasteiger partial charge in [-0.3, -0.25) is 0 Å². The summed E-state index contributed by atoms with van der Waals surface area (Å²) in [6.07, 6.45) is 1.72. The Labute approximate surface area is 85.2 Å². The Hall–Kier alpha value is -0.610. The van der Waals surface area contributed by atoms with Crippen LogP contribution in [0.5, 0.6) is 5.88 Å². The topological polar surface area (TPSA) is 34.6 Å². The molecule has 70 valence electrons. The second-order valence-electron chi connectivity index (χ2n) is 3.23. The number of hydrogen-bond acceptors (Lipinski definition) is 3. The summed E-state index contributed by atoms with van der Waals surface area (Å²) in [7, 11) is 1.62. The van der Waals surface area contributed by atoms with E-state index < -0.39 is 0 Å². The van der Waals surface area contributed by atoms with E-state index in [-0.39, 0.29) is 5.60 Å². The van der Waals surface area contributed by atoms with Gasteiger partial charge in [0.2, 0.25) is 5.88 Å². The first-order valence-corrected chi connectivity index (χ1v) is 4.79. The third-order valence-corrected chi connectivity index (χ3v) is 2.59. The fourth-order valence-corrected chi connectivity index (χ4v) is 1.56. The van der Waals surface area contributed by atoms with E-state index in [4.69, 9.17) is 9.47 Å². The van der Waals surface area contributed by atoms with Gasteiger partial charge in [0.15, 0.2) is 0 Å². The summed E-state index contributed by atoms with van der Waals surface area (Å²) in [4.78, 5) is 4.15. The molecular formula is C9H10BrNO2. The molecule has 4 heteroatoms. The van der Waals surface area contributed by atoms with Crippen molar-refractivity contribution >= 4 is 15.9 Å². The van der Waals surface area contributed by atoms with Gasteiger partial charge in [-0.05, 0) is 28.9 Å². The maximum absolute atomic E-state index is 5.34. The van der Waals surface area contributed by atoms with Gasteiger partial charge in [0.25, 0.3) is 0 Å². The van der Waals surface area contributed by atoms with E-state index >= 15 is 0 Å². The van der Waals surface area contributed by atoms with E-state index in [2.05, 4.69) is 20.9 Å². The number of methoxy groups -OCH3 is 1. The Morgan fingerprint density at radius 1 is 1.69 bits per heavy atom. The molecule has 1 aliphatic rings. The Kier molecular flexibility index (Phi) is 2.04. The van der Waals surface area contributed by atoms with Crippen LogP contribution in [0, 0.1) is 0 Å². The van der Waals surface area contributed by atoms with Crippen molar-refractivity contribution in [2.24, 2.45) is 0 Å². The lowest BCUT2D eigenvalue weighted by atomic mass is 10.0. The van der Waals surface area contributed by atoms with Gasteiger partial charge < -0.3 is 9.47 Å². The van der Waals surface area contributed by atoms with Gasteiger partial charge in [0.1, 0.15) is 5.60 Å². The molecule has 1 atom stereocenters. The molecule has 0 bridgehead atoms. The Bertz CT molecular complexity index is 336. The van der Waals surface area contributed by atoms with Crippen LogP contribution >= 0.6 is 15.9 Å². The highest BCUT2D eigenvalue weighted by atomic mass is 79.9. The molecule has 1 aromatic rings. The predicted molar refractivity (Wildman–Crippen MR) is 51.8 cm³/mol. The molecule has 0 radical (unpaired) electrons. The fraction of sp³-hybridized carbons (Fsp3) is 0.444. The van der Waals surface area contributed by atoms with Crippen LogP contribution in [0.3, 0.4) is 0 Å². The highest BCUT2D eigenvalue weighted by Crippen LogP contribution is 2.42. The molecule has 1 saturated heterocycles. The smallest absolute Gasteiger partial charge is 0.219 e. The molecule has 0 saturated carbocycles. The maximum atomic E-state index is 5.34. The minimum atomic E-state index is -0.192. The van der Waals surface area contributed by atoms with Gasteiger partial charge in [-0.2, -0.15) is 0 Å². The van der Waals surface area contributed by atoms with Crippen molar-refractivity contribution in [3.8, 4) is 5.88 Å². The van der Waals surface area contributed by atoms with E-state index in [0.717, 1.165) is 16.6 Å². The van der Waals surface area contributed by atoms with Crippen LogP contribution in [0.15, 0.2) is 16.7 Å². The first-order chi connectivity index (χ1) is 6.15. The van der Waals surface area contributed by atoms with E-state index in [1.807, 2.05) is 13.0 Å². The zero-order valence-electron chi connectivity index (χ0n) is 7.50. The molecule has 0 spiro atoms. The Balaban J connectivity index is 2.47. The number of ether oxygens (including phenoxy) is 2. The van der Waals surface area contributed by atoms with E-state index in [0.29, 0.717) is 5.88 Å². The number of halogens is 1. The summed E-state index contributed by atoms with van der Waals surface area (Å²) in [6.45, 7) is 2.76. The monoisotopic (exact) mass is 243 g/mol. The molecule has 0 amide bonds. The predicted octanol–water partition coefficient (Wildman–Crippen LogP) is 2.10. The second kappa shape index (κ2) is 2.96. The number of nitrogens with zero attached hydrogens (tertiary/aromatic N) is 1. The number of hydrogen-bond donors (Lipinski definition) is 0. The molecule has 0 N–H and O–H groups in total. The second-order valence-corrected chi connectivity index (χ2v) is 4.15. The van der Waals surface area contributed by atoms with Crippen molar-refractivity contribution in [3.63, 3.8) is 0 Å². The van der Waals surface area contributed by atoms with Gasteiger partial charge >= 0.3 is 0 Å². The van der Waals surface area contributed by atoms with Gasteiger partial charge in [-0.25, -0.2) is 4.98 Å². The number of aromatic nitrogens is 1.